The number of ether oxygens (including phenoxy) is 1. The Morgan fingerprint density at radius 3 is 2.60 bits per heavy atom. The third-order valence-corrected chi connectivity index (χ3v) is 4.66. The van der Waals surface area contributed by atoms with Crippen molar-refractivity contribution in [1.82, 2.24) is 9.97 Å². The topological polar surface area (TPSA) is 80.5 Å². The number of likely N-dealkylation sites (N-methyl/N-ethyl adjacent to an activating group) is 1. The van der Waals surface area contributed by atoms with Crippen molar-refractivity contribution in [2.45, 2.75) is 20.3 Å². The summed E-state index contributed by atoms with van der Waals surface area (Å²) in [6, 6.07) is 11.2. The SMILES string of the molecule is CCc1nc(-c2ccccc2Cl)oc1C.COCCN(C)c1ccc(NC=O)cn1. The molecule has 0 bridgehead atoms. The summed E-state index contributed by atoms with van der Waals surface area (Å²) >= 11 is 6.06. The predicted molar refractivity (Wildman–Crippen MR) is 120 cm³/mol. The van der Waals surface area contributed by atoms with Gasteiger partial charge in [-0.25, -0.2) is 9.97 Å². The largest absolute Gasteiger partial charge is 0.441 e. The fourth-order valence-corrected chi connectivity index (χ4v) is 2.83. The van der Waals surface area contributed by atoms with Crippen LogP contribution in [0.3, 0.4) is 0 Å². The molecular formula is C22H27ClN4O3. The van der Waals surface area contributed by atoms with Gasteiger partial charge in [-0.3, -0.25) is 4.79 Å². The number of anilines is 2. The molecule has 0 unspecified atom stereocenters. The van der Waals surface area contributed by atoms with E-state index in [9.17, 15) is 4.79 Å². The zero-order valence-electron chi connectivity index (χ0n) is 17.7. The van der Waals surface area contributed by atoms with Crippen molar-refractivity contribution >= 4 is 29.5 Å². The van der Waals surface area contributed by atoms with Crippen molar-refractivity contribution in [2.75, 3.05) is 37.5 Å². The van der Waals surface area contributed by atoms with Gasteiger partial charge < -0.3 is 19.4 Å². The second-order valence-corrected chi connectivity index (χ2v) is 6.84. The highest BCUT2D eigenvalue weighted by Gasteiger charge is 2.11. The monoisotopic (exact) mass is 430 g/mol. The molecular weight excluding hydrogens is 404 g/mol. The number of aromatic nitrogens is 2. The molecule has 0 fully saturated rings. The van der Waals surface area contributed by atoms with Crippen LogP contribution in [0.15, 0.2) is 47.0 Å². The molecule has 0 aliphatic rings. The number of methoxy groups -OCH3 is 1. The number of nitrogens with zero attached hydrogens (tertiary/aromatic N) is 3. The van der Waals surface area contributed by atoms with E-state index in [1.165, 1.54) is 0 Å². The van der Waals surface area contributed by atoms with Crippen LogP contribution < -0.4 is 10.2 Å². The van der Waals surface area contributed by atoms with Gasteiger partial charge in [0.05, 0.1) is 34.8 Å². The van der Waals surface area contributed by atoms with E-state index in [-0.39, 0.29) is 0 Å². The Hall–Kier alpha value is -2.90. The third kappa shape index (κ3) is 6.57. The molecule has 0 radical (unpaired) electrons. The summed E-state index contributed by atoms with van der Waals surface area (Å²) in [7, 11) is 3.60. The van der Waals surface area contributed by atoms with Gasteiger partial charge in [0, 0.05) is 20.7 Å². The molecule has 2 heterocycles. The molecule has 30 heavy (non-hydrogen) atoms. The molecule has 7 nitrogen and oxygen atoms in total. The summed E-state index contributed by atoms with van der Waals surface area (Å²) in [4.78, 5) is 20.8. The maximum atomic E-state index is 10.2. The van der Waals surface area contributed by atoms with Gasteiger partial charge in [-0.1, -0.05) is 30.7 Å². The fourth-order valence-electron chi connectivity index (χ4n) is 2.61. The number of hydrogen-bond acceptors (Lipinski definition) is 6. The number of carbonyl (C=O) groups excluding carboxylic acids is 1. The number of pyridine rings is 1. The van der Waals surface area contributed by atoms with Gasteiger partial charge in [0.2, 0.25) is 12.3 Å². The molecule has 0 saturated heterocycles. The summed E-state index contributed by atoms with van der Waals surface area (Å²) in [5, 5.41) is 3.20. The normalized spacial score (nSPS) is 10.2. The van der Waals surface area contributed by atoms with Crippen molar-refractivity contribution in [2.24, 2.45) is 0 Å². The Labute approximate surface area is 182 Å². The number of aryl methyl sites for hydroxylation is 2. The van der Waals surface area contributed by atoms with Crippen LogP contribution in [0.2, 0.25) is 5.02 Å². The summed E-state index contributed by atoms with van der Waals surface area (Å²) < 4.78 is 10.5. The Bertz CT molecular complexity index is 928. The summed E-state index contributed by atoms with van der Waals surface area (Å²) in [5.41, 5.74) is 2.53. The summed E-state index contributed by atoms with van der Waals surface area (Å²) in [6.07, 6.45) is 3.12. The van der Waals surface area contributed by atoms with Gasteiger partial charge in [0.15, 0.2) is 0 Å². The number of oxazole rings is 1. The van der Waals surface area contributed by atoms with E-state index < -0.39 is 0 Å². The Morgan fingerprint density at radius 1 is 1.27 bits per heavy atom. The summed E-state index contributed by atoms with van der Waals surface area (Å²) in [5.74, 6) is 2.32. The van der Waals surface area contributed by atoms with Crippen LogP contribution in [0.1, 0.15) is 18.4 Å². The molecule has 0 aliphatic heterocycles. The predicted octanol–water partition coefficient (Wildman–Crippen LogP) is 4.60. The molecule has 1 aromatic carbocycles. The van der Waals surface area contributed by atoms with Crippen molar-refractivity contribution < 1.29 is 13.9 Å². The maximum Gasteiger partial charge on any atom is 0.228 e. The minimum atomic E-state index is 0.606. The maximum absolute atomic E-state index is 10.2. The second-order valence-electron chi connectivity index (χ2n) is 6.44. The number of amides is 1. The molecule has 3 rings (SSSR count). The van der Waals surface area contributed by atoms with E-state index in [0.29, 0.717) is 29.6 Å². The highest BCUT2D eigenvalue weighted by molar-refractivity contribution is 6.33. The second kappa shape index (κ2) is 11.9. The highest BCUT2D eigenvalue weighted by atomic mass is 35.5. The van der Waals surface area contributed by atoms with E-state index in [1.54, 1.807) is 19.4 Å². The van der Waals surface area contributed by atoms with Gasteiger partial charge in [-0.05, 0) is 37.6 Å². The molecule has 1 amide bonds. The van der Waals surface area contributed by atoms with E-state index in [2.05, 4.69) is 22.2 Å². The van der Waals surface area contributed by atoms with Crippen LogP contribution in [0.25, 0.3) is 11.5 Å². The average molecular weight is 431 g/mol. The zero-order valence-corrected chi connectivity index (χ0v) is 18.4. The first-order chi connectivity index (χ1) is 14.5. The lowest BCUT2D eigenvalue weighted by atomic mass is 10.2. The van der Waals surface area contributed by atoms with Crippen molar-refractivity contribution in [3.05, 3.63) is 59.1 Å². The molecule has 2 aromatic heterocycles. The van der Waals surface area contributed by atoms with Gasteiger partial charge in [0.1, 0.15) is 11.6 Å². The quantitative estimate of drug-likeness (QED) is 0.526. The molecule has 1 N–H and O–H groups in total. The molecule has 8 heteroatoms. The van der Waals surface area contributed by atoms with Crippen LogP contribution in [0.5, 0.6) is 0 Å². The Balaban J connectivity index is 0.000000214. The number of hydrogen-bond donors (Lipinski definition) is 1. The van der Waals surface area contributed by atoms with Gasteiger partial charge >= 0.3 is 0 Å². The first-order valence-electron chi connectivity index (χ1n) is 9.57. The molecule has 0 atom stereocenters. The van der Waals surface area contributed by atoms with Crippen LogP contribution in [-0.2, 0) is 16.0 Å². The van der Waals surface area contributed by atoms with Crippen LogP contribution in [0.4, 0.5) is 11.5 Å². The number of carbonyl (C=O) groups is 1. The molecule has 160 valence electrons. The lowest BCUT2D eigenvalue weighted by Crippen LogP contribution is -2.22. The number of nitrogens with one attached hydrogen (secondary N) is 1. The number of rotatable bonds is 8. The van der Waals surface area contributed by atoms with Crippen molar-refractivity contribution in [3.8, 4) is 11.5 Å². The number of halogens is 1. The minimum absolute atomic E-state index is 0.606. The van der Waals surface area contributed by atoms with E-state index in [0.717, 1.165) is 35.8 Å². The van der Waals surface area contributed by atoms with E-state index in [4.69, 9.17) is 20.8 Å². The Morgan fingerprint density at radius 2 is 2.03 bits per heavy atom. The first kappa shape index (κ1) is 23.4. The minimum Gasteiger partial charge on any atom is -0.441 e. The lowest BCUT2D eigenvalue weighted by Gasteiger charge is -2.17. The van der Waals surface area contributed by atoms with Crippen LogP contribution >= 0.6 is 11.6 Å². The highest BCUT2D eigenvalue weighted by Crippen LogP contribution is 2.28. The van der Waals surface area contributed by atoms with Gasteiger partial charge in [-0.2, -0.15) is 0 Å². The lowest BCUT2D eigenvalue weighted by molar-refractivity contribution is -0.105. The van der Waals surface area contributed by atoms with E-state index >= 15 is 0 Å². The zero-order chi connectivity index (χ0) is 21.9. The van der Waals surface area contributed by atoms with Crippen LogP contribution in [0, 0.1) is 6.92 Å². The average Bonchev–Trinajstić information content (AvgIpc) is 3.14. The molecule has 0 aliphatic carbocycles. The molecule has 3 aromatic rings. The summed E-state index contributed by atoms with van der Waals surface area (Å²) in [6.45, 7) is 5.42. The van der Waals surface area contributed by atoms with E-state index in [1.807, 2.05) is 49.2 Å². The molecule has 0 saturated carbocycles. The first-order valence-corrected chi connectivity index (χ1v) is 9.95. The van der Waals surface area contributed by atoms with Crippen LogP contribution in [-0.4, -0.2) is 43.7 Å². The fraction of sp³-hybridized carbons (Fsp3) is 0.318. The van der Waals surface area contributed by atoms with Gasteiger partial charge in [-0.15, -0.1) is 0 Å². The van der Waals surface area contributed by atoms with Gasteiger partial charge in [0.25, 0.3) is 0 Å². The Kier molecular flexibility index (Phi) is 9.31. The number of benzene rings is 1. The molecule has 0 spiro atoms. The third-order valence-electron chi connectivity index (χ3n) is 4.33. The van der Waals surface area contributed by atoms with Crippen molar-refractivity contribution in [1.29, 1.82) is 0 Å². The smallest absolute Gasteiger partial charge is 0.228 e. The standard InChI is InChI=1S/C12H12ClNO.C10H15N3O2/c1-3-11-8(2)15-12(14-11)9-6-4-5-7-10(9)13;1-13(5-6-15-2)10-4-3-9(7-11-10)12-8-14/h4-7H,3H2,1-2H3;3-4,7-8H,5-6H2,1-2H3,(H,12,14). The van der Waals surface area contributed by atoms with Crippen molar-refractivity contribution in [3.63, 3.8) is 0 Å².